The van der Waals surface area contributed by atoms with Crippen molar-refractivity contribution in [1.29, 1.82) is 5.41 Å². The lowest BCUT2D eigenvalue weighted by Gasteiger charge is -2.56. The van der Waals surface area contributed by atoms with Gasteiger partial charge in [-0.05, 0) is 55.3 Å². The van der Waals surface area contributed by atoms with E-state index in [1.807, 2.05) is 54.9 Å². The number of amidine groups is 1. The molecule has 3 saturated heterocycles. The fourth-order valence-corrected chi connectivity index (χ4v) is 5.43. The number of hydrogen-bond acceptors (Lipinski definition) is 8. The van der Waals surface area contributed by atoms with E-state index in [2.05, 4.69) is 15.1 Å². The summed E-state index contributed by atoms with van der Waals surface area (Å²) in [7, 11) is 1.77. The van der Waals surface area contributed by atoms with Crippen LogP contribution < -0.4 is 21.5 Å². The first-order chi connectivity index (χ1) is 18.8. The summed E-state index contributed by atoms with van der Waals surface area (Å²) in [5.74, 6) is 2.18. The Labute approximate surface area is 226 Å². The van der Waals surface area contributed by atoms with E-state index in [4.69, 9.17) is 26.1 Å². The minimum Gasteiger partial charge on any atom is -0.402 e. The average molecular weight is 522 g/mol. The number of piperidine rings is 1. The van der Waals surface area contributed by atoms with Crippen LogP contribution in [0.3, 0.4) is 0 Å². The molecule has 4 aromatic rings. The normalized spacial score (nSPS) is 19.1. The molecular formula is C29H31N9O. The Morgan fingerprint density at radius 3 is 2.67 bits per heavy atom. The van der Waals surface area contributed by atoms with Gasteiger partial charge in [0.15, 0.2) is 5.82 Å². The number of aromatic nitrogens is 4. The molecule has 3 aliphatic rings. The zero-order chi connectivity index (χ0) is 27.1. The molecule has 0 saturated carbocycles. The first-order valence-corrected chi connectivity index (χ1v) is 13.0. The summed E-state index contributed by atoms with van der Waals surface area (Å²) >= 11 is 0. The number of benzene rings is 1. The van der Waals surface area contributed by atoms with E-state index in [0.29, 0.717) is 29.4 Å². The molecule has 1 aromatic carbocycles. The number of nitrogens with zero attached hydrogens (tertiary/aromatic N) is 6. The van der Waals surface area contributed by atoms with Crippen molar-refractivity contribution in [3.63, 3.8) is 0 Å². The number of piperazine rings is 1. The van der Waals surface area contributed by atoms with Gasteiger partial charge in [0.05, 0.1) is 5.52 Å². The fraction of sp³-hybridized carbons (Fsp3) is 0.276. The van der Waals surface area contributed by atoms with Crippen molar-refractivity contribution in [2.75, 3.05) is 23.3 Å². The number of para-hydroxylation sites is 1. The van der Waals surface area contributed by atoms with E-state index in [-0.39, 0.29) is 11.4 Å². The lowest BCUT2D eigenvalue weighted by atomic mass is 9.87. The predicted molar refractivity (Wildman–Crippen MR) is 154 cm³/mol. The lowest BCUT2D eigenvalue weighted by Crippen LogP contribution is -2.68. The fourth-order valence-electron chi connectivity index (χ4n) is 5.43. The molecule has 3 aliphatic heterocycles. The van der Waals surface area contributed by atoms with Gasteiger partial charge in [-0.3, -0.25) is 15.1 Å². The topological polar surface area (TPSA) is 129 Å². The third kappa shape index (κ3) is 4.98. The Hall–Kier alpha value is -4.57. The van der Waals surface area contributed by atoms with E-state index < -0.39 is 0 Å². The number of pyridine rings is 2. The number of rotatable bonds is 6. The molecule has 10 nitrogen and oxygen atoms in total. The number of aryl methyl sites for hydroxylation is 1. The molecule has 6 heterocycles. The molecule has 2 atom stereocenters. The van der Waals surface area contributed by atoms with Crippen LogP contribution in [0.1, 0.15) is 18.9 Å². The van der Waals surface area contributed by atoms with Crippen molar-refractivity contribution in [3.8, 4) is 11.4 Å². The van der Waals surface area contributed by atoms with Crippen LogP contribution in [-0.2, 0) is 13.6 Å². The van der Waals surface area contributed by atoms with Crippen LogP contribution in [0.5, 0.6) is 0 Å². The first-order valence-electron chi connectivity index (χ1n) is 13.0. The van der Waals surface area contributed by atoms with Crippen molar-refractivity contribution >= 4 is 28.4 Å². The van der Waals surface area contributed by atoms with Crippen molar-refractivity contribution in [3.05, 3.63) is 88.6 Å². The smallest absolute Gasteiger partial charge is 0.250 e. The van der Waals surface area contributed by atoms with Crippen LogP contribution in [0.2, 0.25) is 0 Å². The number of nitrogens with one attached hydrogen (secondary N) is 2. The van der Waals surface area contributed by atoms with Gasteiger partial charge in [-0.25, -0.2) is 15.0 Å². The van der Waals surface area contributed by atoms with Gasteiger partial charge in [0.2, 0.25) is 0 Å². The van der Waals surface area contributed by atoms with Crippen molar-refractivity contribution < 1.29 is 0 Å². The summed E-state index contributed by atoms with van der Waals surface area (Å²) in [6.45, 7) is 4.36. The van der Waals surface area contributed by atoms with Crippen LogP contribution in [0.15, 0.2) is 77.5 Å². The average Bonchev–Trinajstić information content (AvgIpc) is 2.93. The molecule has 198 valence electrons. The van der Waals surface area contributed by atoms with Crippen molar-refractivity contribution in [1.82, 2.24) is 24.4 Å². The van der Waals surface area contributed by atoms with Crippen LogP contribution >= 0.6 is 0 Å². The summed E-state index contributed by atoms with van der Waals surface area (Å²) in [4.78, 5) is 31.1. The molecule has 3 aromatic heterocycles. The largest absolute Gasteiger partial charge is 0.402 e. The van der Waals surface area contributed by atoms with E-state index in [1.54, 1.807) is 30.7 Å². The van der Waals surface area contributed by atoms with E-state index in [9.17, 15) is 4.79 Å². The summed E-state index contributed by atoms with van der Waals surface area (Å²) in [5.41, 5.74) is 8.96. The number of hydrogen-bond donors (Lipinski definition) is 3. The minimum absolute atomic E-state index is 0.0307. The zero-order valence-corrected chi connectivity index (χ0v) is 22.0. The van der Waals surface area contributed by atoms with Gasteiger partial charge in [0.25, 0.3) is 5.56 Å². The van der Waals surface area contributed by atoms with Gasteiger partial charge in [-0.1, -0.05) is 12.1 Å². The van der Waals surface area contributed by atoms with Crippen LogP contribution in [0, 0.1) is 5.41 Å². The van der Waals surface area contributed by atoms with Gasteiger partial charge < -0.3 is 20.5 Å². The van der Waals surface area contributed by atoms with Gasteiger partial charge in [0.1, 0.15) is 17.5 Å². The summed E-state index contributed by atoms with van der Waals surface area (Å²) in [6.07, 6.45) is 6.38. The maximum atomic E-state index is 12.0. The molecule has 39 heavy (non-hydrogen) atoms. The molecule has 3 fully saturated rings. The highest BCUT2D eigenvalue weighted by Gasteiger charge is 2.44. The number of allylic oxidation sites excluding steroid dienone is 1. The molecular weight excluding hydrogens is 490 g/mol. The zero-order valence-electron chi connectivity index (χ0n) is 22.0. The second-order valence-electron chi connectivity index (χ2n) is 10.3. The summed E-state index contributed by atoms with van der Waals surface area (Å²) in [5, 5.41) is 12.1. The third-order valence-electron chi connectivity index (χ3n) is 7.44. The quantitative estimate of drug-likeness (QED) is 0.261. The van der Waals surface area contributed by atoms with E-state index in [1.165, 1.54) is 6.42 Å². The molecule has 0 aliphatic carbocycles. The highest BCUT2D eigenvalue weighted by molar-refractivity contribution is 6.06. The van der Waals surface area contributed by atoms with Crippen LogP contribution in [0.25, 0.3) is 22.3 Å². The first kappa shape index (κ1) is 24.7. The monoisotopic (exact) mass is 521 g/mol. The van der Waals surface area contributed by atoms with Gasteiger partial charge in [-0.2, -0.15) is 0 Å². The Morgan fingerprint density at radius 1 is 1.15 bits per heavy atom. The molecule has 0 amide bonds. The van der Waals surface area contributed by atoms with Gasteiger partial charge >= 0.3 is 0 Å². The maximum absolute atomic E-state index is 12.0. The highest BCUT2D eigenvalue weighted by Crippen LogP contribution is 2.35. The third-order valence-corrected chi connectivity index (χ3v) is 7.44. The SMILES string of the molecule is C/C(N)=C/C(=N)Nc1nc(-c2ccc(N3CC4CC(C3)N4Cc3ccn(C)c(=O)c3)nc2)nc2ccccc12. The number of anilines is 2. The molecule has 0 spiro atoms. The van der Waals surface area contributed by atoms with Gasteiger partial charge in [0, 0.05) is 73.9 Å². The standard InChI is InChI=1S/C29H31N9O/c1-18(30)11-25(31)34-29-23-5-3-4-6-24(23)33-28(35-29)20-7-8-26(32-14-20)37-16-21-13-22(17-37)38(21)15-19-9-10-36(2)27(39)12-19/h3-12,14,21-22H,13,15-17,30H2,1-2H3,(H2,31,33,34,35)/b18-11-. The van der Waals surface area contributed by atoms with E-state index >= 15 is 0 Å². The highest BCUT2D eigenvalue weighted by atomic mass is 16.1. The van der Waals surface area contributed by atoms with Crippen molar-refractivity contribution in [2.45, 2.75) is 32.0 Å². The number of nitrogens with two attached hydrogens (primary N) is 1. The minimum atomic E-state index is 0.0307. The second kappa shape index (κ2) is 9.95. The molecule has 10 heteroatoms. The Balaban J connectivity index is 1.18. The summed E-state index contributed by atoms with van der Waals surface area (Å²) < 4.78 is 1.60. The Bertz CT molecular complexity index is 1630. The molecule has 7 rings (SSSR count). The molecule has 0 radical (unpaired) electrons. The predicted octanol–water partition coefficient (Wildman–Crippen LogP) is 3.11. The summed E-state index contributed by atoms with van der Waals surface area (Å²) in [6, 6.07) is 16.4. The van der Waals surface area contributed by atoms with Gasteiger partial charge in [-0.15, -0.1) is 0 Å². The van der Waals surface area contributed by atoms with Crippen LogP contribution in [-0.4, -0.2) is 55.4 Å². The maximum Gasteiger partial charge on any atom is 0.250 e. The molecule has 4 N–H and O–H groups in total. The van der Waals surface area contributed by atoms with Crippen LogP contribution in [0.4, 0.5) is 11.6 Å². The Morgan fingerprint density at radius 2 is 1.95 bits per heavy atom. The lowest BCUT2D eigenvalue weighted by molar-refractivity contribution is -0.00873. The molecule has 2 bridgehead atoms. The Kier molecular flexibility index (Phi) is 6.32. The number of fused-ring (bicyclic) bond motifs is 3. The second-order valence-corrected chi connectivity index (χ2v) is 10.3. The van der Waals surface area contributed by atoms with E-state index in [0.717, 1.165) is 47.5 Å². The molecule has 2 unspecified atom stereocenters. The van der Waals surface area contributed by atoms with Crippen molar-refractivity contribution in [2.24, 2.45) is 12.8 Å².